The van der Waals surface area contributed by atoms with Gasteiger partial charge in [-0.3, -0.25) is 20.9 Å². The van der Waals surface area contributed by atoms with Crippen LogP contribution in [0.1, 0.15) is 17.4 Å². The third-order valence-corrected chi connectivity index (χ3v) is 3.36. The highest BCUT2D eigenvalue weighted by atomic mass is 15.3. The maximum Gasteiger partial charge on any atom is 0.0811 e. The lowest BCUT2D eigenvalue weighted by molar-refractivity contribution is 0.524. The van der Waals surface area contributed by atoms with Gasteiger partial charge in [-0.2, -0.15) is 5.10 Å². The van der Waals surface area contributed by atoms with Gasteiger partial charge in [-0.1, -0.05) is 24.3 Å². The summed E-state index contributed by atoms with van der Waals surface area (Å²) >= 11 is 0. The van der Waals surface area contributed by atoms with E-state index in [0.29, 0.717) is 6.42 Å². The first-order valence-electron chi connectivity index (χ1n) is 6.56. The fourth-order valence-corrected chi connectivity index (χ4v) is 2.30. The third kappa shape index (κ3) is 2.54. The summed E-state index contributed by atoms with van der Waals surface area (Å²) in [6, 6.07) is 14.1. The van der Waals surface area contributed by atoms with Crippen molar-refractivity contribution in [3.63, 3.8) is 0 Å². The summed E-state index contributed by atoms with van der Waals surface area (Å²) in [5.41, 5.74) is 5.73. The molecule has 0 aliphatic carbocycles. The molecule has 0 fully saturated rings. The maximum atomic E-state index is 5.65. The van der Waals surface area contributed by atoms with Crippen LogP contribution in [-0.2, 0) is 13.5 Å². The minimum atomic E-state index is -0.0372. The van der Waals surface area contributed by atoms with Crippen molar-refractivity contribution in [2.45, 2.75) is 12.5 Å². The van der Waals surface area contributed by atoms with Gasteiger partial charge in [0.1, 0.15) is 0 Å². The van der Waals surface area contributed by atoms with E-state index in [9.17, 15) is 0 Å². The van der Waals surface area contributed by atoms with Gasteiger partial charge < -0.3 is 0 Å². The van der Waals surface area contributed by atoms with Crippen LogP contribution in [0.25, 0.3) is 10.9 Å². The van der Waals surface area contributed by atoms with E-state index in [1.165, 1.54) is 0 Å². The number of hydrogen-bond acceptors (Lipinski definition) is 4. The first-order valence-corrected chi connectivity index (χ1v) is 6.56. The molecule has 0 aliphatic heterocycles. The molecule has 2 aromatic heterocycles. The molecule has 5 heteroatoms. The monoisotopic (exact) mass is 267 g/mol. The molecule has 0 saturated heterocycles. The number of benzene rings is 1. The second-order valence-electron chi connectivity index (χ2n) is 4.83. The number of para-hydroxylation sites is 1. The predicted molar refractivity (Wildman–Crippen MR) is 78.7 cm³/mol. The number of pyridine rings is 1. The Balaban J connectivity index is 1.87. The Bertz CT molecular complexity index is 719. The average Bonchev–Trinajstić information content (AvgIpc) is 2.91. The van der Waals surface area contributed by atoms with Crippen LogP contribution in [0.4, 0.5) is 0 Å². The lowest BCUT2D eigenvalue weighted by Gasteiger charge is -2.13. The molecule has 3 aromatic rings. The highest BCUT2D eigenvalue weighted by molar-refractivity contribution is 5.78. The zero-order valence-electron chi connectivity index (χ0n) is 11.3. The predicted octanol–water partition coefficient (Wildman–Crippen LogP) is 1.72. The number of nitrogens with two attached hydrogens (primary N) is 1. The Morgan fingerprint density at radius 2 is 2.05 bits per heavy atom. The fourth-order valence-electron chi connectivity index (χ4n) is 2.30. The Kier molecular flexibility index (Phi) is 3.45. The van der Waals surface area contributed by atoms with Gasteiger partial charge in [0.25, 0.3) is 0 Å². The van der Waals surface area contributed by atoms with Gasteiger partial charge in [-0.05, 0) is 18.2 Å². The van der Waals surface area contributed by atoms with E-state index in [1.54, 1.807) is 4.68 Å². The third-order valence-electron chi connectivity index (χ3n) is 3.36. The fraction of sp³-hybridized carbons (Fsp3) is 0.200. The number of hydrazine groups is 1. The van der Waals surface area contributed by atoms with Gasteiger partial charge in [0, 0.05) is 30.7 Å². The number of fused-ring (bicyclic) bond motifs is 1. The van der Waals surface area contributed by atoms with Crippen LogP contribution in [0.3, 0.4) is 0 Å². The molecule has 1 unspecified atom stereocenters. The number of aryl methyl sites for hydroxylation is 1. The second kappa shape index (κ2) is 5.40. The van der Waals surface area contributed by atoms with Crippen LogP contribution in [-0.4, -0.2) is 14.8 Å². The van der Waals surface area contributed by atoms with E-state index >= 15 is 0 Å². The van der Waals surface area contributed by atoms with Crippen LogP contribution >= 0.6 is 0 Å². The quantitative estimate of drug-likeness (QED) is 0.558. The summed E-state index contributed by atoms with van der Waals surface area (Å²) in [5.74, 6) is 5.65. The molecule has 0 radical (unpaired) electrons. The van der Waals surface area contributed by atoms with E-state index in [1.807, 2.05) is 43.6 Å². The van der Waals surface area contributed by atoms with Crippen LogP contribution in [0.2, 0.25) is 0 Å². The van der Waals surface area contributed by atoms with Crippen molar-refractivity contribution >= 4 is 10.9 Å². The van der Waals surface area contributed by atoms with Crippen molar-refractivity contribution in [3.05, 3.63) is 60.0 Å². The molecule has 0 amide bonds. The van der Waals surface area contributed by atoms with E-state index < -0.39 is 0 Å². The summed E-state index contributed by atoms with van der Waals surface area (Å²) in [7, 11) is 1.89. The molecule has 20 heavy (non-hydrogen) atoms. The molecule has 1 aromatic carbocycles. The Labute approximate surface area is 117 Å². The average molecular weight is 267 g/mol. The molecule has 2 heterocycles. The lowest BCUT2D eigenvalue weighted by atomic mass is 10.1. The molecule has 0 saturated carbocycles. The number of hydrogen-bond donors (Lipinski definition) is 2. The molecule has 0 aliphatic rings. The standard InChI is InChI=1S/C15H17N5/c1-20-9-8-14(19-20)15(18-16)10-12-7-6-11-4-2-3-5-13(11)17-12/h2-9,15,18H,10,16H2,1H3. The smallest absolute Gasteiger partial charge is 0.0811 e. The molecule has 102 valence electrons. The molecule has 0 spiro atoms. The summed E-state index contributed by atoms with van der Waals surface area (Å²) in [6.45, 7) is 0. The van der Waals surface area contributed by atoms with Crippen molar-refractivity contribution in [1.82, 2.24) is 20.2 Å². The van der Waals surface area contributed by atoms with Crippen molar-refractivity contribution in [3.8, 4) is 0 Å². The van der Waals surface area contributed by atoms with Crippen molar-refractivity contribution < 1.29 is 0 Å². The summed E-state index contributed by atoms with van der Waals surface area (Å²) in [5, 5.41) is 5.53. The van der Waals surface area contributed by atoms with E-state index in [0.717, 1.165) is 22.3 Å². The summed E-state index contributed by atoms with van der Waals surface area (Å²) in [4.78, 5) is 4.67. The summed E-state index contributed by atoms with van der Waals surface area (Å²) < 4.78 is 1.77. The Hall–Kier alpha value is -2.24. The van der Waals surface area contributed by atoms with Gasteiger partial charge in [0.05, 0.1) is 17.3 Å². The summed E-state index contributed by atoms with van der Waals surface area (Å²) in [6.07, 6.45) is 2.62. The first kappa shape index (κ1) is 12.8. The zero-order valence-corrected chi connectivity index (χ0v) is 11.3. The van der Waals surface area contributed by atoms with Crippen molar-refractivity contribution in [2.24, 2.45) is 12.9 Å². The topological polar surface area (TPSA) is 68.8 Å². The van der Waals surface area contributed by atoms with Gasteiger partial charge in [0.15, 0.2) is 0 Å². The number of aromatic nitrogens is 3. The van der Waals surface area contributed by atoms with Crippen molar-refractivity contribution in [1.29, 1.82) is 0 Å². The van der Waals surface area contributed by atoms with E-state index in [4.69, 9.17) is 5.84 Å². The molecule has 0 bridgehead atoms. The van der Waals surface area contributed by atoms with Crippen molar-refractivity contribution in [2.75, 3.05) is 0 Å². The van der Waals surface area contributed by atoms with Crippen LogP contribution < -0.4 is 11.3 Å². The number of rotatable bonds is 4. The second-order valence-corrected chi connectivity index (χ2v) is 4.83. The SMILES string of the molecule is Cn1ccc(C(Cc2ccc3ccccc3n2)NN)n1. The van der Waals surface area contributed by atoms with Gasteiger partial charge in [-0.15, -0.1) is 0 Å². The normalized spacial score (nSPS) is 12.7. The Morgan fingerprint density at radius 3 is 2.80 bits per heavy atom. The van der Waals surface area contributed by atoms with Crippen LogP contribution in [0, 0.1) is 0 Å². The minimum Gasteiger partial charge on any atom is -0.275 e. The molecule has 1 atom stereocenters. The molecular formula is C15H17N5. The van der Waals surface area contributed by atoms with Gasteiger partial charge in [0.2, 0.25) is 0 Å². The van der Waals surface area contributed by atoms with Crippen LogP contribution in [0.15, 0.2) is 48.7 Å². The van der Waals surface area contributed by atoms with E-state index in [2.05, 4.69) is 27.6 Å². The van der Waals surface area contributed by atoms with E-state index in [-0.39, 0.29) is 6.04 Å². The molecule has 3 N–H and O–H groups in total. The Morgan fingerprint density at radius 1 is 1.20 bits per heavy atom. The van der Waals surface area contributed by atoms with Crippen LogP contribution in [0.5, 0.6) is 0 Å². The van der Waals surface area contributed by atoms with Gasteiger partial charge in [-0.25, -0.2) is 0 Å². The highest BCUT2D eigenvalue weighted by Gasteiger charge is 2.14. The first-order chi connectivity index (χ1) is 9.76. The molecular weight excluding hydrogens is 250 g/mol. The number of nitrogens with zero attached hydrogens (tertiary/aromatic N) is 3. The van der Waals surface area contributed by atoms with Gasteiger partial charge >= 0.3 is 0 Å². The minimum absolute atomic E-state index is 0.0372. The maximum absolute atomic E-state index is 5.65. The number of nitrogens with one attached hydrogen (secondary N) is 1. The zero-order chi connectivity index (χ0) is 13.9. The molecule has 3 rings (SSSR count). The lowest BCUT2D eigenvalue weighted by Crippen LogP contribution is -2.30. The highest BCUT2D eigenvalue weighted by Crippen LogP contribution is 2.17. The largest absolute Gasteiger partial charge is 0.275 e. The molecule has 5 nitrogen and oxygen atoms in total.